The maximum atomic E-state index is 13.7. The summed E-state index contributed by atoms with van der Waals surface area (Å²) < 4.78 is 34.2. The first kappa shape index (κ1) is 26.5. The largest absolute Gasteiger partial charge is 0.497 e. The molecule has 1 amide bonds. The van der Waals surface area contributed by atoms with E-state index in [1.807, 2.05) is 35.7 Å². The van der Waals surface area contributed by atoms with Crippen LogP contribution in [0.25, 0.3) is 10.2 Å². The number of thiazole rings is 1. The Morgan fingerprint density at radius 2 is 1.79 bits per heavy atom. The number of carbonyl (C=O) groups excluding carboxylic acids is 1. The third-order valence-corrected chi connectivity index (χ3v) is 9.54. The maximum Gasteiger partial charge on any atom is 0.280 e. The molecule has 2 aromatic heterocycles. The molecule has 0 aliphatic heterocycles. The third kappa shape index (κ3) is 5.56. The lowest BCUT2D eigenvalue weighted by atomic mass is 10.2. The molecule has 3 aromatic carbocycles. The van der Waals surface area contributed by atoms with Gasteiger partial charge in [0.05, 0.1) is 34.1 Å². The number of para-hydroxylation sites is 1. The zero-order valence-electron chi connectivity index (χ0n) is 21.1. The summed E-state index contributed by atoms with van der Waals surface area (Å²) in [6.45, 7) is 2.04. The van der Waals surface area contributed by atoms with Crippen LogP contribution < -0.4 is 14.1 Å². The summed E-state index contributed by atoms with van der Waals surface area (Å²) in [5.74, 6) is 0.249. The van der Waals surface area contributed by atoms with Crippen LogP contribution in [0.15, 0.2) is 100 Å². The number of rotatable bonds is 9. The van der Waals surface area contributed by atoms with E-state index in [2.05, 4.69) is 10.1 Å². The van der Waals surface area contributed by atoms with Gasteiger partial charge in [-0.3, -0.25) is 9.10 Å². The predicted molar refractivity (Wildman–Crippen MR) is 158 cm³/mol. The van der Waals surface area contributed by atoms with Gasteiger partial charge in [-0.15, -0.1) is 11.3 Å². The molecular weight excluding hydrogens is 553 g/mol. The van der Waals surface area contributed by atoms with E-state index < -0.39 is 15.9 Å². The van der Waals surface area contributed by atoms with Gasteiger partial charge in [0.25, 0.3) is 15.9 Å². The monoisotopic (exact) mass is 576 g/mol. The number of nitrogens with zero attached hydrogens (tertiary/aromatic N) is 4. The number of hydrogen-bond acceptors (Lipinski definition) is 8. The highest BCUT2D eigenvalue weighted by Crippen LogP contribution is 2.33. The zero-order valence-corrected chi connectivity index (χ0v) is 23.5. The molecule has 0 bridgehead atoms. The van der Waals surface area contributed by atoms with Gasteiger partial charge in [-0.2, -0.15) is 10.1 Å². The van der Waals surface area contributed by atoms with E-state index in [0.717, 1.165) is 9.58 Å². The minimum atomic E-state index is -3.82. The number of fused-ring (bicyclic) bond motifs is 1. The highest BCUT2D eigenvalue weighted by atomic mass is 32.2. The zero-order chi connectivity index (χ0) is 27.4. The molecule has 0 saturated carbocycles. The van der Waals surface area contributed by atoms with Gasteiger partial charge in [-0.05, 0) is 73.0 Å². The molecule has 0 saturated heterocycles. The summed E-state index contributed by atoms with van der Waals surface area (Å²) in [5.41, 5.74) is 1.56. The average molecular weight is 577 g/mol. The molecule has 2 heterocycles. The Labute approximate surface area is 234 Å². The standard InChI is InChI=1S/C28H24N4O4S3/c1-3-31(21-8-5-4-6-9-21)39(34,35)24-14-11-20(12-15-24)27(33)32(29-19-23-10-7-17-37-23)28-30-25-16-13-22(36-2)18-26(25)38-28/h4-19H,3H2,1-2H3/b29-19+. The molecule has 8 nitrogen and oxygen atoms in total. The Balaban J connectivity index is 1.48. The second kappa shape index (κ2) is 11.4. The van der Waals surface area contributed by atoms with Gasteiger partial charge in [0.15, 0.2) is 0 Å². The van der Waals surface area contributed by atoms with Crippen LogP contribution in [0.5, 0.6) is 5.75 Å². The molecule has 0 aliphatic rings. The quantitative estimate of drug-likeness (QED) is 0.153. The highest BCUT2D eigenvalue weighted by Gasteiger charge is 2.25. The fourth-order valence-electron chi connectivity index (χ4n) is 3.88. The predicted octanol–water partition coefficient (Wildman–Crippen LogP) is 6.26. The summed E-state index contributed by atoms with van der Waals surface area (Å²) in [4.78, 5) is 19.3. The first-order chi connectivity index (χ1) is 18.9. The van der Waals surface area contributed by atoms with Crippen LogP contribution in [0, 0.1) is 0 Å². The molecule has 5 rings (SSSR count). The van der Waals surface area contributed by atoms with Crippen molar-refractivity contribution in [1.29, 1.82) is 0 Å². The van der Waals surface area contributed by atoms with Crippen molar-refractivity contribution in [2.75, 3.05) is 23.0 Å². The number of anilines is 2. The molecular formula is C28H24N4O4S3. The number of aromatic nitrogens is 1. The summed E-state index contributed by atoms with van der Waals surface area (Å²) >= 11 is 2.80. The minimum absolute atomic E-state index is 0.0884. The SMILES string of the molecule is CCN(c1ccccc1)S(=O)(=O)c1ccc(C(=O)N(/N=C/c2cccs2)c2nc3ccc(OC)cc3s2)cc1. The first-order valence-corrected chi connectivity index (χ1v) is 15.1. The Bertz CT molecular complexity index is 1720. The molecule has 11 heteroatoms. The molecule has 0 aliphatic carbocycles. The Morgan fingerprint density at radius 3 is 2.46 bits per heavy atom. The van der Waals surface area contributed by atoms with Crippen molar-refractivity contribution >= 4 is 65.9 Å². The summed E-state index contributed by atoms with van der Waals surface area (Å²) in [5, 5.41) is 8.01. The second-order valence-corrected chi connectivity index (χ2v) is 12.1. The van der Waals surface area contributed by atoms with Crippen LogP contribution in [0.2, 0.25) is 0 Å². The molecule has 0 radical (unpaired) electrons. The molecule has 0 spiro atoms. The molecule has 0 fully saturated rings. The van der Waals surface area contributed by atoms with E-state index in [9.17, 15) is 13.2 Å². The minimum Gasteiger partial charge on any atom is -0.497 e. The van der Waals surface area contributed by atoms with Gasteiger partial charge in [0.2, 0.25) is 5.13 Å². The molecule has 0 atom stereocenters. The number of thiophene rings is 1. The fraction of sp³-hybridized carbons (Fsp3) is 0.107. The molecule has 0 N–H and O–H groups in total. The smallest absolute Gasteiger partial charge is 0.280 e. The van der Waals surface area contributed by atoms with Crippen molar-refractivity contribution in [3.63, 3.8) is 0 Å². The van der Waals surface area contributed by atoms with Gasteiger partial charge in [0, 0.05) is 17.0 Å². The van der Waals surface area contributed by atoms with E-state index in [-0.39, 0.29) is 17.0 Å². The van der Waals surface area contributed by atoms with Gasteiger partial charge in [-0.25, -0.2) is 13.4 Å². The van der Waals surface area contributed by atoms with Crippen molar-refractivity contribution in [3.8, 4) is 5.75 Å². The van der Waals surface area contributed by atoms with Crippen LogP contribution >= 0.6 is 22.7 Å². The van der Waals surface area contributed by atoms with Crippen LogP contribution in [-0.4, -0.2) is 39.2 Å². The molecule has 198 valence electrons. The number of hydrazone groups is 1. The summed E-state index contributed by atoms with van der Waals surface area (Å²) in [6.07, 6.45) is 1.60. The van der Waals surface area contributed by atoms with E-state index in [4.69, 9.17) is 4.74 Å². The highest BCUT2D eigenvalue weighted by molar-refractivity contribution is 7.92. The normalized spacial score (nSPS) is 11.6. The Morgan fingerprint density at radius 1 is 1.03 bits per heavy atom. The van der Waals surface area contributed by atoms with E-state index in [0.29, 0.717) is 22.1 Å². The third-order valence-electron chi connectivity index (χ3n) is 5.82. The van der Waals surface area contributed by atoms with Crippen LogP contribution in [0.3, 0.4) is 0 Å². The molecule has 39 heavy (non-hydrogen) atoms. The number of methoxy groups -OCH3 is 1. The fourth-order valence-corrected chi connectivity index (χ4v) is 6.89. The first-order valence-electron chi connectivity index (χ1n) is 11.9. The van der Waals surface area contributed by atoms with Gasteiger partial charge in [-0.1, -0.05) is 35.6 Å². The van der Waals surface area contributed by atoms with Crippen molar-refractivity contribution in [3.05, 3.63) is 101 Å². The number of ether oxygens (including phenoxy) is 1. The van der Waals surface area contributed by atoms with Gasteiger partial charge in [0.1, 0.15) is 5.75 Å². The van der Waals surface area contributed by atoms with E-state index in [1.54, 1.807) is 50.6 Å². The Kier molecular flexibility index (Phi) is 7.73. The average Bonchev–Trinajstić information content (AvgIpc) is 3.63. The maximum absolute atomic E-state index is 13.7. The lowest BCUT2D eigenvalue weighted by Gasteiger charge is -2.23. The van der Waals surface area contributed by atoms with Crippen LogP contribution in [-0.2, 0) is 10.0 Å². The number of amides is 1. The number of benzene rings is 3. The Hall–Kier alpha value is -4.06. The van der Waals surface area contributed by atoms with E-state index >= 15 is 0 Å². The number of hydrogen-bond donors (Lipinski definition) is 0. The van der Waals surface area contributed by atoms with Crippen molar-refractivity contribution in [2.45, 2.75) is 11.8 Å². The lowest BCUT2D eigenvalue weighted by Crippen LogP contribution is -2.31. The van der Waals surface area contributed by atoms with Crippen molar-refractivity contribution < 1.29 is 17.9 Å². The van der Waals surface area contributed by atoms with Gasteiger partial charge < -0.3 is 4.74 Å². The molecule has 0 unspecified atom stereocenters. The number of carbonyl (C=O) groups is 1. The summed E-state index contributed by atoms with van der Waals surface area (Å²) in [7, 11) is -2.23. The molecule has 5 aromatic rings. The lowest BCUT2D eigenvalue weighted by molar-refractivity contribution is 0.0987. The summed E-state index contributed by atoms with van der Waals surface area (Å²) in [6, 6.07) is 24.1. The van der Waals surface area contributed by atoms with Crippen LogP contribution in [0.4, 0.5) is 10.8 Å². The topological polar surface area (TPSA) is 92.2 Å². The number of sulfonamides is 1. The van der Waals surface area contributed by atoms with Crippen LogP contribution in [0.1, 0.15) is 22.2 Å². The van der Waals surface area contributed by atoms with Crippen molar-refractivity contribution in [1.82, 2.24) is 4.98 Å². The second-order valence-electron chi connectivity index (χ2n) is 8.24. The van der Waals surface area contributed by atoms with E-state index in [1.165, 1.54) is 56.3 Å². The van der Waals surface area contributed by atoms with Gasteiger partial charge >= 0.3 is 0 Å². The van der Waals surface area contributed by atoms with Crippen molar-refractivity contribution in [2.24, 2.45) is 5.10 Å².